The number of rotatable bonds is 1. The number of aromatic nitrogens is 1. The topological polar surface area (TPSA) is 12.9 Å². The van der Waals surface area contributed by atoms with Crippen LogP contribution in [0.25, 0.3) is 0 Å². The number of hydrogen-bond acceptors (Lipinski definition) is 2. The Morgan fingerprint density at radius 2 is 2.88 bits per heavy atom. The van der Waals surface area contributed by atoms with E-state index < -0.39 is 5.83 Å². The van der Waals surface area contributed by atoms with Crippen molar-refractivity contribution >= 4 is 22.9 Å². The van der Waals surface area contributed by atoms with Crippen LogP contribution in [0, 0.1) is 6.92 Å². The van der Waals surface area contributed by atoms with Crippen molar-refractivity contribution in [3.05, 3.63) is 16.1 Å². The molecule has 0 aromatic carbocycles. The summed E-state index contributed by atoms with van der Waals surface area (Å²) in [6, 6.07) is 0. The van der Waals surface area contributed by atoms with Gasteiger partial charge in [0.05, 0.1) is 19.3 Å². The first-order valence-corrected chi connectivity index (χ1v) is 3.37. The van der Waals surface area contributed by atoms with Gasteiger partial charge in [0.2, 0.25) is 0 Å². The second-order valence-electron chi connectivity index (χ2n) is 1.35. The largest absolute Gasteiger partial charge is 0.245 e. The van der Waals surface area contributed by atoms with E-state index in [0.29, 0.717) is 5.69 Å². The van der Waals surface area contributed by atoms with Crippen LogP contribution in [0.1, 0.15) is 13.4 Å². The zero-order valence-electron chi connectivity index (χ0n) is 6.31. The molecule has 0 bridgehead atoms. The second kappa shape index (κ2) is 2.46. The zero-order valence-corrected chi connectivity index (χ0v) is 5.88. The average molecular weight is 150 g/mol. The fourth-order valence-electron chi connectivity index (χ4n) is 0.407. The first kappa shape index (κ1) is 3.85. The third-order valence-corrected chi connectivity index (χ3v) is 1.68. The molecular weight excluding hydrogens is 142 g/mol. The van der Waals surface area contributed by atoms with Crippen molar-refractivity contribution in [1.82, 2.24) is 4.98 Å². The van der Waals surface area contributed by atoms with Crippen LogP contribution in [0.15, 0.2) is 5.38 Å². The highest BCUT2D eigenvalue weighted by atomic mass is 35.5. The molecule has 0 saturated heterocycles. The number of aryl methyl sites for hydroxylation is 1. The number of thiazole rings is 1. The Kier molecular flexibility index (Phi) is 1.19. The molecule has 1 aromatic heterocycles. The van der Waals surface area contributed by atoms with Gasteiger partial charge in [0.15, 0.2) is 0 Å². The maximum atomic E-state index is 7.06. The Balaban J connectivity index is 2.96. The lowest BCUT2D eigenvalue weighted by Crippen LogP contribution is -1.74. The van der Waals surface area contributed by atoms with Crippen LogP contribution >= 0.6 is 22.9 Å². The summed E-state index contributed by atoms with van der Waals surface area (Å²) in [5.74, 6) is -1.81. The summed E-state index contributed by atoms with van der Waals surface area (Å²) >= 11 is 6.75. The molecule has 1 rings (SSSR count). The van der Waals surface area contributed by atoms with Crippen LogP contribution in [0.3, 0.4) is 0 Å². The van der Waals surface area contributed by atoms with E-state index >= 15 is 0 Å². The third kappa shape index (κ3) is 1.20. The van der Waals surface area contributed by atoms with Crippen LogP contribution in [0.5, 0.6) is 0 Å². The molecule has 44 valence electrons. The molecule has 8 heavy (non-hydrogen) atoms. The molecule has 0 aliphatic carbocycles. The van der Waals surface area contributed by atoms with Crippen molar-refractivity contribution in [1.29, 1.82) is 0 Å². The summed E-state index contributed by atoms with van der Waals surface area (Å²) in [6.45, 7) is 1.82. The first-order valence-electron chi connectivity index (χ1n) is 3.11. The lowest BCUT2D eigenvalue weighted by atomic mass is 10.6. The number of hydrogen-bond donors (Lipinski definition) is 0. The lowest BCUT2D eigenvalue weighted by molar-refractivity contribution is 1.17. The summed E-state index contributed by atoms with van der Waals surface area (Å²) in [5, 5.41) is 2.46. The summed E-state index contributed by atoms with van der Waals surface area (Å²) < 4.78 is 14.1. The summed E-state index contributed by atoms with van der Waals surface area (Å²) in [4.78, 5) is 3.89. The molecule has 0 aliphatic rings. The quantitative estimate of drug-likeness (QED) is 0.558. The fraction of sp³-hybridized carbons (Fsp3) is 0.400. The smallest absolute Gasteiger partial charge is 0.0897 e. The molecule has 1 nitrogen and oxygen atoms in total. The molecule has 0 amide bonds. The van der Waals surface area contributed by atoms with Crippen molar-refractivity contribution in [3.8, 4) is 0 Å². The van der Waals surface area contributed by atoms with Gasteiger partial charge < -0.3 is 0 Å². The van der Waals surface area contributed by atoms with Gasteiger partial charge in [0.25, 0.3) is 0 Å². The molecule has 0 aliphatic heterocycles. The predicted molar refractivity (Wildman–Crippen MR) is 36.4 cm³/mol. The first-order chi connectivity index (χ1) is 4.50. The maximum absolute atomic E-state index is 7.06. The monoisotopic (exact) mass is 149 g/mol. The second-order valence-corrected chi connectivity index (χ2v) is 2.60. The summed E-state index contributed by atoms with van der Waals surface area (Å²) in [7, 11) is 0. The SMILES string of the molecule is [2H]C([2H])(Cl)c1csc(C)n1. The molecule has 0 atom stereocenters. The summed E-state index contributed by atoms with van der Waals surface area (Å²) in [6.07, 6.45) is 0. The van der Waals surface area contributed by atoms with Gasteiger partial charge in [-0.15, -0.1) is 22.9 Å². The van der Waals surface area contributed by atoms with Gasteiger partial charge in [0.1, 0.15) is 0 Å². The van der Waals surface area contributed by atoms with E-state index in [2.05, 4.69) is 4.98 Å². The van der Waals surface area contributed by atoms with E-state index in [-0.39, 0.29) is 0 Å². The number of nitrogens with zero attached hydrogens (tertiary/aromatic N) is 1. The van der Waals surface area contributed by atoms with E-state index in [1.54, 1.807) is 5.38 Å². The van der Waals surface area contributed by atoms with Crippen LogP contribution in [0.2, 0.25) is 0 Å². The van der Waals surface area contributed by atoms with Gasteiger partial charge in [-0.3, -0.25) is 0 Å². The van der Waals surface area contributed by atoms with E-state index in [0.717, 1.165) is 5.01 Å². The van der Waals surface area contributed by atoms with E-state index in [9.17, 15) is 0 Å². The van der Waals surface area contributed by atoms with Crippen molar-refractivity contribution in [2.45, 2.75) is 12.8 Å². The third-order valence-electron chi connectivity index (χ3n) is 0.716. The highest BCUT2D eigenvalue weighted by Gasteiger charge is 1.92. The molecule has 0 fully saturated rings. The molecule has 3 heteroatoms. The molecule has 0 saturated carbocycles. The van der Waals surface area contributed by atoms with Gasteiger partial charge in [-0.05, 0) is 6.92 Å². The van der Waals surface area contributed by atoms with Gasteiger partial charge in [-0.2, -0.15) is 0 Å². The fourth-order valence-corrected chi connectivity index (χ4v) is 1.11. The van der Waals surface area contributed by atoms with Gasteiger partial charge in [-0.1, -0.05) is 0 Å². The molecule has 0 spiro atoms. The molecule has 1 aromatic rings. The highest BCUT2D eigenvalue weighted by molar-refractivity contribution is 7.09. The van der Waals surface area contributed by atoms with Crippen molar-refractivity contribution in [2.24, 2.45) is 0 Å². The van der Waals surface area contributed by atoms with Crippen LogP contribution in [-0.4, -0.2) is 4.98 Å². The van der Waals surface area contributed by atoms with Gasteiger partial charge >= 0.3 is 0 Å². The predicted octanol–water partition coefficient (Wildman–Crippen LogP) is 2.19. The maximum Gasteiger partial charge on any atom is 0.0897 e. The van der Waals surface area contributed by atoms with Gasteiger partial charge in [-0.25, -0.2) is 4.98 Å². The normalized spacial score (nSPS) is 15.2. The van der Waals surface area contributed by atoms with Crippen LogP contribution in [-0.2, 0) is 5.83 Å². The van der Waals surface area contributed by atoms with Crippen molar-refractivity contribution in [2.75, 3.05) is 0 Å². The highest BCUT2D eigenvalue weighted by Crippen LogP contribution is 2.08. The molecule has 0 radical (unpaired) electrons. The van der Waals surface area contributed by atoms with Crippen molar-refractivity contribution < 1.29 is 2.74 Å². The van der Waals surface area contributed by atoms with E-state index in [4.69, 9.17) is 14.3 Å². The average Bonchev–Trinajstić information content (AvgIpc) is 2.11. The molecule has 0 unspecified atom stereocenters. The lowest BCUT2D eigenvalue weighted by Gasteiger charge is -1.77. The zero-order chi connectivity index (χ0) is 7.78. The Labute approximate surface area is 60.1 Å². The van der Waals surface area contributed by atoms with Crippen LogP contribution < -0.4 is 0 Å². The minimum atomic E-state index is -1.81. The number of halogens is 1. The Morgan fingerprint density at radius 3 is 3.12 bits per heavy atom. The minimum absolute atomic E-state index is 0.302. The number of alkyl halides is 1. The Morgan fingerprint density at radius 1 is 2.12 bits per heavy atom. The van der Waals surface area contributed by atoms with Crippen LogP contribution in [0.4, 0.5) is 0 Å². The molecular formula is C5H6ClNS. The van der Waals surface area contributed by atoms with Gasteiger partial charge in [0, 0.05) is 5.38 Å². The molecule has 0 N–H and O–H groups in total. The van der Waals surface area contributed by atoms with Crippen molar-refractivity contribution in [3.63, 3.8) is 0 Å². The summed E-state index contributed by atoms with van der Waals surface area (Å²) in [5.41, 5.74) is 0.302. The van der Waals surface area contributed by atoms with E-state index in [1.807, 2.05) is 6.92 Å². The minimum Gasteiger partial charge on any atom is -0.245 e. The standard InChI is InChI=1S/C5H6ClNS/c1-4-7-5(2-6)3-8-4/h3H,2H2,1H3/i2D2. The molecule has 1 heterocycles. The Bertz CT molecular complexity index is 230. The Hall–Kier alpha value is -0.0800. The van der Waals surface area contributed by atoms with E-state index in [1.165, 1.54) is 11.3 Å².